The number of rotatable bonds is 12. The van der Waals surface area contributed by atoms with Crippen LogP contribution in [0.25, 0.3) is 0 Å². The first-order valence-electron chi connectivity index (χ1n) is 18.8. The first-order valence-corrected chi connectivity index (χ1v) is 20.0. The fraction of sp³-hybridized carbons (Fsp3) is 0.561. The molecule has 1 aliphatic heterocycles. The molecule has 3 aromatic rings. The zero-order chi connectivity index (χ0) is 35.6. The van der Waals surface area contributed by atoms with Gasteiger partial charge < -0.3 is 24.6 Å². The first kappa shape index (κ1) is 36.5. The number of hydrogen-bond acceptors (Lipinski definition) is 7. The Labute approximate surface area is 315 Å². The van der Waals surface area contributed by atoms with Crippen LogP contribution >= 0.6 is 27.5 Å². The molecule has 7 rings (SSSR count). The molecule has 0 amide bonds. The smallest absolute Gasteiger partial charge is 0.329 e. The van der Waals surface area contributed by atoms with Gasteiger partial charge in [-0.1, -0.05) is 37.6 Å². The lowest BCUT2D eigenvalue weighted by molar-refractivity contribution is -0.144. The minimum Gasteiger partial charge on any atom is -0.493 e. The number of nitrogens with zero attached hydrogens (tertiary/aromatic N) is 2. The molecule has 3 aliphatic carbocycles. The zero-order valence-electron chi connectivity index (χ0n) is 29.9. The van der Waals surface area contributed by atoms with Crippen LogP contribution < -0.4 is 14.8 Å². The van der Waals surface area contributed by atoms with Crippen LogP contribution in [0.2, 0.25) is 5.02 Å². The van der Waals surface area contributed by atoms with E-state index in [4.69, 9.17) is 25.8 Å². The van der Waals surface area contributed by atoms with Crippen LogP contribution in [0.1, 0.15) is 87.1 Å². The van der Waals surface area contributed by atoms with Crippen LogP contribution in [0, 0.1) is 11.8 Å². The maximum absolute atomic E-state index is 13.0. The number of carbonyl (C=O) groups is 1. The highest BCUT2D eigenvalue weighted by Crippen LogP contribution is 2.59. The molecule has 2 aromatic carbocycles. The Bertz CT molecular complexity index is 1710. The van der Waals surface area contributed by atoms with Crippen molar-refractivity contribution >= 4 is 39.2 Å². The number of aliphatic carboxylic acids is 1. The van der Waals surface area contributed by atoms with Gasteiger partial charge in [0.25, 0.3) is 0 Å². The van der Waals surface area contributed by atoms with Gasteiger partial charge in [0.05, 0.1) is 24.3 Å². The van der Waals surface area contributed by atoms with Gasteiger partial charge >= 0.3 is 5.97 Å². The maximum Gasteiger partial charge on any atom is 0.329 e. The number of aryl methyl sites for hydroxylation is 1. The fourth-order valence-electron chi connectivity index (χ4n) is 9.37. The molecule has 1 saturated heterocycles. The number of carboxylic acid groups (broad SMARTS) is 1. The van der Waals surface area contributed by atoms with Gasteiger partial charge in [0.1, 0.15) is 23.6 Å². The van der Waals surface area contributed by atoms with E-state index in [-0.39, 0.29) is 5.41 Å². The monoisotopic (exact) mass is 779 g/mol. The van der Waals surface area contributed by atoms with E-state index in [1.165, 1.54) is 35.2 Å². The van der Waals surface area contributed by atoms with E-state index in [0.29, 0.717) is 48.8 Å². The highest BCUT2D eigenvalue weighted by atomic mass is 79.9. The second kappa shape index (κ2) is 15.6. The average Bonchev–Trinajstić information content (AvgIpc) is 3.42. The second-order valence-corrected chi connectivity index (χ2v) is 16.6. The van der Waals surface area contributed by atoms with Crippen molar-refractivity contribution < 1.29 is 24.1 Å². The van der Waals surface area contributed by atoms with E-state index in [2.05, 4.69) is 57.1 Å². The molecule has 2 N–H and O–H groups in total. The Kier molecular flexibility index (Phi) is 11.2. The third-order valence-electron chi connectivity index (χ3n) is 12.1. The molecular weight excluding hydrogens is 730 g/mol. The number of ether oxygens (including phenoxy) is 3. The van der Waals surface area contributed by atoms with Gasteiger partial charge in [-0.15, -0.1) is 0 Å². The molecular formula is C41H51BrClN3O5. The molecule has 1 unspecified atom stereocenters. The molecule has 0 radical (unpaired) electrons. The van der Waals surface area contributed by atoms with Gasteiger partial charge in [-0.25, -0.2) is 4.79 Å². The number of halogens is 2. The van der Waals surface area contributed by atoms with Crippen molar-refractivity contribution in [3.8, 4) is 11.5 Å². The molecule has 4 aliphatic rings. The summed E-state index contributed by atoms with van der Waals surface area (Å²) in [6, 6.07) is 13.8. The first-order chi connectivity index (χ1) is 24.7. The number of morpholine rings is 1. The molecule has 10 heteroatoms. The third-order valence-corrected chi connectivity index (χ3v) is 13.1. The molecule has 8 nitrogen and oxygen atoms in total. The van der Waals surface area contributed by atoms with Crippen molar-refractivity contribution in [1.82, 2.24) is 9.88 Å². The standard InChI is InChI=1S/C41H51BrClN3O5/c1-27(26-51-34-11-16-44-33-8-3-5-28(2)36(33)34)23-30-24-29-9-10-35(50-22-19-46-17-20-49-21-18-46)38(42)37(29)40(30)12-14-41(15-13-40,39(47)48)45-32-7-4-6-31(43)25-32/h4,6-7,9-11,16,25,27-28,30,45H,3,5,8,12-15,17-24,26H2,1-2H3,(H,47,48)/t27-,28-,30?,40?,41?/m1/s1. The fourth-order valence-corrected chi connectivity index (χ4v) is 10.5. The molecule has 2 heterocycles. The van der Waals surface area contributed by atoms with Gasteiger partial charge in [0.2, 0.25) is 0 Å². The Balaban J connectivity index is 1.13. The van der Waals surface area contributed by atoms with E-state index in [0.717, 1.165) is 86.6 Å². The Morgan fingerprint density at radius 1 is 1.14 bits per heavy atom. The lowest BCUT2D eigenvalue weighted by atomic mass is 9.59. The number of aromatic nitrogens is 1. The van der Waals surface area contributed by atoms with E-state index < -0.39 is 11.5 Å². The Hall–Kier alpha value is -2.85. The van der Waals surface area contributed by atoms with Crippen molar-refractivity contribution in [3.63, 3.8) is 0 Å². The SMILES string of the molecule is C[C@@H](COc1ccnc2c1[C@H](C)CCC2)CC1Cc2ccc(OCCN3CCOCC3)c(Br)c2C12CCC(Nc1cccc(Cl)c1)(C(=O)O)CC2. The minimum atomic E-state index is -1.08. The summed E-state index contributed by atoms with van der Waals surface area (Å²) in [4.78, 5) is 20.1. The Morgan fingerprint density at radius 2 is 1.94 bits per heavy atom. The molecule has 51 heavy (non-hydrogen) atoms. The summed E-state index contributed by atoms with van der Waals surface area (Å²) in [5.41, 5.74) is 4.59. The number of carboxylic acids is 1. The minimum absolute atomic E-state index is 0.189. The number of nitrogens with one attached hydrogen (secondary N) is 1. The van der Waals surface area contributed by atoms with Crippen molar-refractivity contribution in [2.24, 2.45) is 11.8 Å². The normalized spacial score (nSPS) is 26.7. The summed E-state index contributed by atoms with van der Waals surface area (Å²) >= 11 is 10.4. The number of anilines is 1. The van der Waals surface area contributed by atoms with Crippen LogP contribution in [0.3, 0.4) is 0 Å². The molecule has 1 aromatic heterocycles. The summed E-state index contributed by atoms with van der Waals surface area (Å²) in [6.45, 7) is 10.1. The Morgan fingerprint density at radius 3 is 2.71 bits per heavy atom. The van der Waals surface area contributed by atoms with E-state index in [1.807, 2.05) is 36.5 Å². The van der Waals surface area contributed by atoms with E-state index in [9.17, 15) is 9.90 Å². The summed E-state index contributed by atoms with van der Waals surface area (Å²) < 4.78 is 19.6. The molecule has 0 bridgehead atoms. The van der Waals surface area contributed by atoms with Crippen LogP contribution in [-0.2, 0) is 27.8 Å². The van der Waals surface area contributed by atoms with Crippen LogP contribution in [0.15, 0.2) is 53.1 Å². The molecule has 3 atom stereocenters. The van der Waals surface area contributed by atoms with Gasteiger partial charge in [-0.3, -0.25) is 9.88 Å². The predicted molar refractivity (Wildman–Crippen MR) is 205 cm³/mol. The third kappa shape index (κ3) is 7.64. The van der Waals surface area contributed by atoms with E-state index in [1.54, 1.807) is 0 Å². The highest BCUT2D eigenvalue weighted by Gasteiger charge is 2.55. The van der Waals surface area contributed by atoms with Gasteiger partial charge in [0, 0.05) is 53.2 Å². The average molecular weight is 781 g/mol. The van der Waals surface area contributed by atoms with Crippen molar-refractivity contribution in [3.05, 3.63) is 80.5 Å². The summed E-state index contributed by atoms with van der Waals surface area (Å²) in [5.74, 6) is 2.14. The number of pyridine rings is 1. The quantitative estimate of drug-likeness (QED) is 0.189. The predicted octanol–water partition coefficient (Wildman–Crippen LogP) is 8.67. The van der Waals surface area contributed by atoms with Gasteiger partial charge in [-0.2, -0.15) is 0 Å². The van der Waals surface area contributed by atoms with Crippen LogP contribution in [-0.4, -0.2) is 72.6 Å². The maximum atomic E-state index is 13.0. The largest absolute Gasteiger partial charge is 0.493 e. The topological polar surface area (TPSA) is 93.2 Å². The summed E-state index contributed by atoms with van der Waals surface area (Å²) in [6.07, 6.45) is 9.72. The number of hydrogen-bond donors (Lipinski definition) is 2. The lowest BCUT2D eigenvalue weighted by Gasteiger charge is -2.47. The second-order valence-electron chi connectivity index (χ2n) is 15.4. The van der Waals surface area contributed by atoms with Gasteiger partial charge in [-0.05, 0) is 133 Å². The lowest BCUT2D eigenvalue weighted by Crippen LogP contribution is -2.53. The number of benzene rings is 2. The van der Waals surface area contributed by atoms with E-state index >= 15 is 0 Å². The van der Waals surface area contributed by atoms with Gasteiger partial charge in [0.15, 0.2) is 0 Å². The summed E-state index contributed by atoms with van der Waals surface area (Å²) in [7, 11) is 0. The molecule has 1 spiro atoms. The van der Waals surface area contributed by atoms with Crippen molar-refractivity contribution in [1.29, 1.82) is 0 Å². The van der Waals surface area contributed by atoms with Crippen molar-refractivity contribution in [2.45, 2.75) is 88.5 Å². The van der Waals surface area contributed by atoms with Crippen LogP contribution in [0.5, 0.6) is 11.5 Å². The van der Waals surface area contributed by atoms with Crippen molar-refractivity contribution in [2.75, 3.05) is 51.4 Å². The molecule has 1 saturated carbocycles. The highest BCUT2D eigenvalue weighted by molar-refractivity contribution is 9.10. The zero-order valence-corrected chi connectivity index (χ0v) is 32.2. The van der Waals surface area contributed by atoms with Crippen LogP contribution in [0.4, 0.5) is 5.69 Å². The molecule has 274 valence electrons. The summed E-state index contributed by atoms with van der Waals surface area (Å²) in [5, 5.41) is 14.7. The molecule has 2 fully saturated rings. The number of fused-ring (bicyclic) bond motifs is 3.